The Bertz CT molecular complexity index is 196. The van der Waals surface area contributed by atoms with E-state index in [-0.39, 0.29) is 0 Å². The minimum Gasteiger partial charge on any atom is -0.316 e. The zero-order chi connectivity index (χ0) is 13.5. The van der Waals surface area contributed by atoms with Crippen LogP contribution in [0.2, 0.25) is 0 Å². The van der Waals surface area contributed by atoms with Gasteiger partial charge in [-0.2, -0.15) is 0 Å². The zero-order valence-corrected chi connectivity index (χ0v) is 13.2. The molecule has 0 aliphatic rings. The molecule has 0 bridgehead atoms. The molecular formula is C15H34N2. The largest absolute Gasteiger partial charge is 0.316 e. The fourth-order valence-corrected chi connectivity index (χ4v) is 2.77. The molecule has 0 rings (SSSR count). The molecular weight excluding hydrogens is 208 g/mol. The molecule has 1 N–H and O–H groups in total. The molecule has 1 atom stereocenters. The molecule has 0 aromatic heterocycles. The Morgan fingerprint density at radius 2 is 1.59 bits per heavy atom. The molecule has 0 radical (unpaired) electrons. The maximum absolute atomic E-state index is 3.52. The Balaban J connectivity index is 4.31. The molecule has 104 valence electrons. The minimum atomic E-state index is 0.389. The predicted octanol–water partition coefficient (Wildman–Crippen LogP) is 3.38. The first-order valence-corrected chi connectivity index (χ1v) is 7.12. The van der Waals surface area contributed by atoms with Crippen molar-refractivity contribution in [2.45, 2.75) is 54.4 Å². The molecule has 0 saturated heterocycles. The Hall–Kier alpha value is -0.0800. The van der Waals surface area contributed by atoms with Gasteiger partial charge in [0.05, 0.1) is 0 Å². The summed E-state index contributed by atoms with van der Waals surface area (Å²) < 4.78 is 0. The van der Waals surface area contributed by atoms with Gasteiger partial charge in [0.25, 0.3) is 0 Å². The molecule has 0 fully saturated rings. The first-order valence-electron chi connectivity index (χ1n) is 7.12. The second-order valence-corrected chi connectivity index (χ2v) is 7.07. The number of rotatable bonds is 8. The van der Waals surface area contributed by atoms with E-state index in [0.29, 0.717) is 10.8 Å². The van der Waals surface area contributed by atoms with Crippen LogP contribution in [0.1, 0.15) is 54.4 Å². The lowest BCUT2D eigenvalue weighted by atomic mass is 9.84. The van der Waals surface area contributed by atoms with E-state index < -0.39 is 0 Å². The first-order chi connectivity index (χ1) is 7.72. The molecule has 0 amide bonds. The van der Waals surface area contributed by atoms with Gasteiger partial charge in [0.1, 0.15) is 0 Å². The fourth-order valence-electron chi connectivity index (χ4n) is 2.77. The van der Waals surface area contributed by atoms with Crippen LogP contribution < -0.4 is 5.32 Å². The van der Waals surface area contributed by atoms with Crippen LogP contribution in [0.15, 0.2) is 0 Å². The summed E-state index contributed by atoms with van der Waals surface area (Å²) in [5.74, 6) is 0. The quantitative estimate of drug-likeness (QED) is 0.702. The van der Waals surface area contributed by atoms with Crippen LogP contribution in [-0.2, 0) is 0 Å². The Morgan fingerprint density at radius 3 is 2.00 bits per heavy atom. The Labute approximate surface area is 109 Å². The summed E-state index contributed by atoms with van der Waals surface area (Å²) in [6.45, 7) is 18.4. The molecule has 2 heteroatoms. The molecule has 0 heterocycles. The van der Waals surface area contributed by atoms with Gasteiger partial charge < -0.3 is 10.2 Å². The summed E-state index contributed by atoms with van der Waals surface area (Å²) in [6.07, 6.45) is 2.57. The highest BCUT2D eigenvalue weighted by molar-refractivity contribution is 4.81. The van der Waals surface area contributed by atoms with Gasteiger partial charge in [0.15, 0.2) is 0 Å². The second-order valence-electron chi connectivity index (χ2n) is 7.07. The van der Waals surface area contributed by atoms with Gasteiger partial charge in [0, 0.05) is 19.6 Å². The van der Waals surface area contributed by atoms with Gasteiger partial charge in [-0.15, -0.1) is 0 Å². The van der Waals surface area contributed by atoms with Crippen LogP contribution in [0.3, 0.4) is 0 Å². The summed E-state index contributed by atoms with van der Waals surface area (Å²) in [6, 6.07) is 0. The fraction of sp³-hybridized carbons (Fsp3) is 1.00. The predicted molar refractivity (Wildman–Crippen MR) is 78.5 cm³/mol. The van der Waals surface area contributed by atoms with E-state index in [0.717, 1.165) is 13.1 Å². The van der Waals surface area contributed by atoms with E-state index in [9.17, 15) is 0 Å². The topological polar surface area (TPSA) is 15.3 Å². The summed E-state index contributed by atoms with van der Waals surface area (Å²) in [7, 11) is 2.26. The van der Waals surface area contributed by atoms with Crippen LogP contribution >= 0.6 is 0 Å². The molecule has 2 nitrogen and oxygen atoms in total. The Kier molecular flexibility index (Phi) is 7.34. The van der Waals surface area contributed by atoms with E-state index in [2.05, 4.69) is 58.8 Å². The van der Waals surface area contributed by atoms with E-state index in [1.54, 1.807) is 0 Å². The average molecular weight is 242 g/mol. The summed E-state index contributed by atoms with van der Waals surface area (Å²) in [4.78, 5) is 2.49. The molecule has 0 aromatic carbocycles. The minimum absolute atomic E-state index is 0.389. The van der Waals surface area contributed by atoms with Gasteiger partial charge in [-0.05, 0) is 30.8 Å². The van der Waals surface area contributed by atoms with Crippen LogP contribution in [-0.4, -0.2) is 38.1 Å². The van der Waals surface area contributed by atoms with Gasteiger partial charge in [-0.1, -0.05) is 48.0 Å². The second kappa shape index (κ2) is 7.38. The normalized spacial score (nSPS) is 16.2. The summed E-state index contributed by atoms with van der Waals surface area (Å²) in [5, 5.41) is 3.52. The first kappa shape index (κ1) is 16.9. The average Bonchev–Trinajstić information content (AvgIpc) is 2.11. The lowest BCUT2D eigenvalue weighted by Gasteiger charge is -2.36. The van der Waals surface area contributed by atoms with Crippen molar-refractivity contribution in [1.82, 2.24) is 10.2 Å². The lowest BCUT2D eigenvalue weighted by molar-refractivity contribution is 0.139. The summed E-state index contributed by atoms with van der Waals surface area (Å²) >= 11 is 0. The number of nitrogens with one attached hydrogen (secondary N) is 1. The summed E-state index contributed by atoms with van der Waals surface area (Å²) in [5.41, 5.74) is 0.796. The molecule has 0 saturated carbocycles. The highest BCUT2D eigenvalue weighted by Crippen LogP contribution is 2.25. The number of nitrogens with zero attached hydrogens (tertiary/aromatic N) is 1. The van der Waals surface area contributed by atoms with Crippen LogP contribution in [0.5, 0.6) is 0 Å². The van der Waals surface area contributed by atoms with Crippen LogP contribution in [0, 0.1) is 10.8 Å². The van der Waals surface area contributed by atoms with E-state index in [4.69, 9.17) is 0 Å². The van der Waals surface area contributed by atoms with Gasteiger partial charge in [0.2, 0.25) is 0 Å². The van der Waals surface area contributed by atoms with E-state index >= 15 is 0 Å². The van der Waals surface area contributed by atoms with Crippen molar-refractivity contribution in [1.29, 1.82) is 0 Å². The standard InChI is InChI=1S/C15H34N2/c1-8-10-15(6,11-16-9-2)13-17(7)12-14(3,4)5/h16H,8-13H2,1-7H3. The maximum Gasteiger partial charge on any atom is 0.00447 e. The van der Waals surface area contributed by atoms with E-state index in [1.807, 2.05) is 0 Å². The maximum atomic E-state index is 3.52. The Morgan fingerprint density at radius 1 is 1.00 bits per heavy atom. The number of hydrogen-bond acceptors (Lipinski definition) is 2. The third-order valence-electron chi connectivity index (χ3n) is 3.05. The highest BCUT2D eigenvalue weighted by Gasteiger charge is 2.26. The molecule has 0 aliphatic carbocycles. The molecule has 0 aliphatic heterocycles. The molecule has 0 aromatic rings. The van der Waals surface area contributed by atoms with Crippen molar-refractivity contribution in [3.8, 4) is 0 Å². The van der Waals surface area contributed by atoms with Gasteiger partial charge >= 0.3 is 0 Å². The zero-order valence-electron chi connectivity index (χ0n) is 13.2. The monoisotopic (exact) mass is 242 g/mol. The molecule has 1 unspecified atom stereocenters. The third-order valence-corrected chi connectivity index (χ3v) is 3.05. The number of hydrogen-bond donors (Lipinski definition) is 1. The van der Waals surface area contributed by atoms with Crippen molar-refractivity contribution >= 4 is 0 Å². The van der Waals surface area contributed by atoms with Crippen molar-refractivity contribution in [3.63, 3.8) is 0 Å². The van der Waals surface area contributed by atoms with Crippen molar-refractivity contribution < 1.29 is 0 Å². The van der Waals surface area contributed by atoms with Crippen molar-refractivity contribution in [2.24, 2.45) is 10.8 Å². The van der Waals surface area contributed by atoms with Crippen molar-refractivity contribution in [3.05, 3.63) is 0 Å². The van der Waals surface area contributed by atoms with Gasteiger partial charge in [-0.25, -0.2) is 0 Å². The highest BCUT2D eigenvalue weighted by atomic mass is 15.1. The van der Waals surface area contributed by atoms with E-state index in [1.165, 1.54) is 25.9 Å². The third kappa shape index (κ3) is 8.62. The van der Waals surface area contributed by atoms with Crippen LogP contribution in [0.25, 0.3) is 0 Å². The van der Waals surface area contributed by atoms with Crippen molar-refractivity contribution in [2.75, 3.05) is 33.2 Å². The smallest absolute Gasteiger partial charge is 0.00447 e. The molecule has 0 spiro atoms. The SMILES string of the molecule is CCCC(C)(CNCC)CN(C)CC(C)(C)C. The van der Waals surface area contributed by atoms with Gasteiger partial charge in [-0.3, -0.25) is 0 Å². The lowest BCUT2D eigenvalue weighted by Crippen LogP contribution is -2.43. The molecule has 17 heavy (non-hydrogen) atoms. The van der Waals surface area contributed by atoms with Crippen LogP contribution in [0.4, 0.5) is 0 Å².